The van der Waals surface area contributed by atoms with Gasteiger partial charge in [-0.15, -0.1) is 0 Å². The average molecular weight is 434 g/mol. The van der Waals surface area contributed by atoms with E-state index >= 15 is 0 Å². The maximum absolute atomic E-state index is 6.14. The van der Waals surface area contributed by atoms with Crippen LogP contribution < -0.4 is 0 Å². The van der Waals surface area contributed by atoms with Gasteiger partial charge in [0, 0.05) is 0 Å². The molecule has 0 atom stereocenters. The fourth-order valence-electron chi connectivity index (χ4n) is 8.80. The monoisotopic (exact) mass is 441 g/mol. The second kappa shape index (κ2) is 17.3. The summed E-state index contributed by atoms with van der Waals surface area (Å²) in [5.74, 6) is 0. The summed E-state index contributed by atoms with van der Waals surface area (Å²) in [6.07, 6.45) is 10.4. The zero-order valence-corrected chi connectivity index (χ0v) is 28.0. The molecule has 0 amide bonds. The predicted octanol–water partition coefficient (Wildman–Crippen LogP) is -21.4. The summed E-state index contributed by atoms with van der Waals surface area (Å²) < 4.78 is 0. The van der Waals surface area contributed by atoms with Gasteiger partial charge in [-0.3, -0.25) is 0 Å². The Hall–Kier alpha value is 2.43. The first-order valence-corrected chi connectivity index (χ1v) is 15.9. The Morgan fingerprint density at radius 2 is 0.543 bits per heavy atom. The molecular weight excluding hydrogens is 400 g/mol. The molecule has 0 spiro atoms. The number of rotatable bonds is 16. The normalized spacial score (nSPS) is 9.37. The molecule has 0 saturated carbocycles. The van der Waals surface area contributed by atoms with Gasteiger partial charge in [-0.2, -0.15) is 0 Å². The van der Waals surface area contributed by atoms with Crippen molar-refractivity contribution in [2.75, 3.05) is 0 Å². The zero-order valence-electron chi connectivity index (χ0n) is 27.2. The van der Waals surface area contributed by atoms with Crippen molar-refractivity contribution in [3.05, 3.63) is 0 Å². The Kier molecular flexibility index (Phi) is 18.5. The van der Waals surface area contributed by atoms with Gasteiger partial charge in [0.15, 0.2) is 0 Å². The van der Waals surface area contributed by atoms with Crippen LogP contribution in [-0.2, 0) is 0 Å². The quantitative estimate of drug-likeness (QED) is 0.218. The van der Waals surface area contributed by atoms with Crippen molar-refractivity contribution in [1.82, 2.24) is 0 Å². The summed E-state index contributed by atoms with van der Waals surface area (Å²) in [5, 5.41) is 0. The molecule has 0 aromatic heterocycles. The van der Waals surface area contributed by atoms with Gasteiger partial charge in [0.25, 0.3) is 0 Å². The van der Waals surface area contributed by atoms with Gasteiger partial charge in [0.2, 0.25) is 0 Å². The Morgan fingerprint density at radius 1 is 0.314 bits per heavy atom. The van der Waals surface area contributed by atoms with Gasteiger partial charge in [0.05, 0.1) is 0 Å². The molecule has 0 aromatic carbocycles. The molecule has 0 bridgehead atoms. The van der Waals surface area contributed by atoms with Crippen LogP contribution >= 0.6 is 12.1 Å². The molecule has 0 nitrogen and oxygen atoms in total. The third-order valence-electron chi connectivity index (χ3n) is 9.87. The van der Waals surface area contributed by atoms with Gasteiger partial charge in [-0.25, -0.2) is 0 Å². The molecule has 0 saturated heterocycles. The van der Waals surface area contributed by atoms with E-state index in [-0.39, 0.29) is 0 Å². The van der Waals surface area contributed by atoms with E-state index in [1.807, 2.05) is 0 Å². The van der Waals surface area contributed by atoms with E-state index in [4.69, 9.17) is 12.1 Å². The van der Waals surface area contributed by atoms with E-state index in [1.54, 1.807) is 0 Å². The molecule has 35 heavy (non-hydrogen) atoms. The summed E-state index contributed by atoms with van der Waals surface area (Å²) in [5.41, 5.74) is 0. The molecule has 142 valence electrons. The Bertz CT molecular complexity index is 523. The number of hydrogen-bond donors (Lipinski definition) is 0. The molecule has 0 rings (SSSR count). The van der Waals surface area contributed by atoms with E-state index in [0.29, 0.717) is 102 Å². The molecular formula is H34B34S. The van der Waals surface area contributed by atoms with Crippen LogP contribution in [0.1, 0.15) is 0 Å². The molecule has 0 unspecified atom stereocenters. The number of hydrogen-bond acceptors (Lipinski definition) is 1. The molecule has 0 radical (unpaired) electrons. The molecule has 35 heteroatoms. The minimum absolute atomic E-state index is 0.470. The Morgan fingerprint density at radius 3 is 0.714 bits per heavy atom. The maximum atomic E-state index is 6.14. The van der Waals surface area contributed by atoms with Crippen LogP contribution in [0, 0.1) is 0 Å². The van der Waals surface area contributed by atoms with E-state index < -0.39 is 0 Å². The van der Waals surface area contributed by atoms with Crippen molar-refractivity contribution in [1.29, 1.82) is 0 Å². The van der Waals surface area contributed by atoms with Crippen LogP contribution in [0.4, 0.5) is 0 Å². The predicted molar refractivity (Wildman–Crippen MR) is 251 cm³/mol. The molecule has 0 fully saturated rings. The molecule has 0 N–H and O–H groups in total. The van der Waals surface area contributed by atoms with Gasteiger partial charge < -0.3 is 0 Å². The van der Waals surface area contributed by atoms with Crippen LogP contribution in [0.15, 0.2) is 0 Å². The Balaban J connectivity index is 7.47. The van der Waals surface area contributed by atoms with E-state index in [1.165, 1.54) is 0 Å². The van der Waals surface area contributed by atoms with Crippen molar-refractivity contribution in [3.8, 4) is 0 Å². The van der Waals surface area contributed by atoms with E-state index in [2.05, 4.69) is 138 Å². The fraction of sp³-hybridized carbons (Fsp3) is 0. The topological polar surface area (TPSA) is 0 Å². The van der Waals surface area contributed by atoms with E-state index in [0.717, 1.165) is 0 Å². The standard InChI is InChI=1S/B34H34S/c1-19(2)27(17)32(26(15)16)34(31(24(11)12)25(13)14)28(18-35)33(29(20(3)4)21(5)6)30(22(7)8)23(9)10/h1-17H2. The van der Waals surface area contributed by atoms with Gasteiger partial charge >= 0.3 is 252 Å². The van der Waals surface area contributed by atoms with Gasteiger partial charge in [-0.1, -0.05) is 0 Å². The summed E-state index contributed by atoms with van der Waals surface area (Å²) in [7, 11) is 42.1. The molecule has 0 aromatic rings. The Labute approximate surface area is 250 Å². The van der Waals surface area contributed by atoms with Crippen molar-refractivity contribution >= 4 is 252 Å². The van der Waals surface area contributed by atoms with Crippen molar-refractivity contribution in [2.45, 2.75) is 0 Å². The van der Waals surface area contributed by atoms with Gasteiger partial charge in [0.1, 0.15) is 0 Å². The summed E-state index contributed by atoms with van der Waals surface area (Å²) in [6, 6.07) is 2.30. The second-order valence-electron chi connectivity index (χ2n) is 15.0. The summed E-state index contributed by atoms with van der Waals surface area (Å²) in [4.78, 5) is 0. The molecule has 0 aliphatic heterocycles. The van der Waals surface area contributed by atoms with Crippen LogP contribution in [0.25, 0.3) is 0 Å². The summed E-state index contributed by atoms with van der Waals surface area (Å²) in [6.45, 7) is 0. The van der Waals surface area contributed by atoms with Gasteiger partial charge in [-0.05, 0) is 0 Å². The van der Waals surface area contributed by atoms with Crippen LogP contribution in [0.2, 0.25) is 0 Å². The third-order valence-corrected chi connectivity index (χ3v) is 10.2. The average Bonchev–Trinajstić information content (AvgIpc) is 2.66. The van der Waals surface area contributed by atoms with Crippen LogP contribution in [-0.4, -0.2) is 240 Å². The third kappa shape index (κ3) is 10.4. The zero-order chi connectivity index (χ0) is 27.9. The summed E-state index contributed by atoms with van der Waals surface area (Å²) >= 11 is 6.14. The SMILES string of the molecule is BB(B)B(B)B(B(B)B)B(B(B=S)B(B(B(B)B)B(B)B)B(B(B)B)B(B)B)B(B(B)B)B(B)B. The van der Waals surface area contributed by atoms with Crippen LogP contribution in [0.5, 0.6) is 0 Å². The van der Waals surface area contributed by atoms with Crippen molar-refractivity contribution in [2.24, 2.45) is 0 Å². The van der Waals surface area contributed by atoms with Crippen molar-refractivity contribution in [3.63, 3.8) is 0 Å². The second-order valence-corrected chi connectivity index (χ2v) is 15.3. The first-order valence-electron chi connectivity index (χ1n) is 15.4. The van der Waals surface area contributed by atoms with Crippen LogP contribution in [0.3, 0.4) is 0 Å². The molecule has 0 aliphatic carbocycles. The molecule has 0 heterocycles. The van der Waals surface area contributed by atoms with E-state index in [9.17, 15) is 0 Å². The minimum atomic E-state index is 0.470. The molecule has 0 aliphatic rings. The van der Waals surface area contributed by atoms with Crippen molar-refractivity contribution < 1.29 is 0 Å². The first-order chi connectivity index (χ1) is 15.9. The fourth-order valence-corrected chi connectivity index (χ4v) is 9.16. The first kappa shape index (κ1) is 37.4.